The van der Waals surface area contributed by atoms with Crippen molar-refractivity contribution in [1.82, 2.24) is 16.0 Å². The second-order valence-electron chi connectivity index (χ2n) is 3.50. The lowest BCUT2D eigenvalue weighted by Gasteiger charge is -2.07. The summed E-state index contributed by atoms with van der Waals surface area (Å²) in [6, 6.07) is 0. The van der Waals surface area contributed by atoms with E-state index in [0.717, 1.165) is 52.2 Å². The van der Waals surface area contributed by atoms with Gasteiger partial charge < -0.3 is 16.0 Å². The van der Waals surface area contributed by atoms with E-state index in [-0.39, 0.29) is 0 Å². The molecule has 0 aromatic carbocycles. The summed E-state index contributed by atoms with van der Waals surface area (Å²) in [7, 11) is 0. The summed E-state index contributed by atoms with van der Waals surface area (Å²) in [5, 5.41) is 10.1. The zero-order valence-corrected chi connectivity index (χ0v) is 8.89. The van der Waals surface area contributed by atoms with Crippen LogP contribution in [0, 0.1) is 0 Å². The number of rotatable bonds is 0. The fourth-order valence-electron chi connectivity index (χ4n) is 1.38. The quantitative estimate of drug-likeness (QED) is 0.497. The van der Waals surface area contributed by atoms with Gasteiger partial charge in [-0.1, -0.05) is 0 Å². The molecule has 3 N–H and O–H groups in total. The van der Waals surface area contributed by atoms with Gasteiger partial charge in [0.1, 0.15) is 0 Å². The van der Waals surface area contributed by atoms with Gasteiger partial charge in [-0.15, -0.1) is 0 Å². The Balaban J connectivity index is 2.09. The molecule has 0 spiro atoms. The Kier molecular flexibility index (Phi) is 7.57. The van der Waals surface area contributed by atoms with Crippen LogP contribution in [0.5, 0.6) is 0 Å². The van der Waals surface area contributed by atoms with Crippen molar-refractivity contribution in [2.75, 3.05) is 45.8 Å². The van der Waals surface area contributed by atoms with Crippen LogP contribution in [0.1, 0.15) is 12.8 Å². The predicted octanol–water partition coefficient (Wildman–Crippen LogP) is -0.380. The molecule has 0 bridgehead atoms. The van der Waals surface area contributed by atoms with Gasteiger partial charge in [-0.05, 0) is 32.5 Å². The lowest BCUT2D eigenvalue weighted by molar-refractivity contribution is 0.575. The lowest BCUT2D eigenvalue weighted by atomic mass is 10.3. The van der Waals surface area contributed by atoms with Crippen molar-refractivity contribution in [2.45, 2.75) is 12.8 Å². The molecule has 0 aliphatic carbocycles. The highest BCUT2D eigenvalue weighted by atomic mass is 14.9. The number of nitrogens with zero attached hydrogens (tertiary/aromatic N) is 1. The van der Waals surface area contributed by atoms with Gasteiger partial charge in [0.05, 0.1) is 0 Å². The number of aliphatic imine (C=N–C) groups is 1. The first-order chi connectivity index (χ1) is 7.00. The minimum atomic E-state index is 0.898. The maximum Gasteiger partial charge on any atom is 0.0398 e. The summed E-state index contributed by atoms with van der Waals surface area (Å²) in [5.41, 5.74) is 0. The van der Waals surface area contributed by atoms with Crippen LogP contribution in [-0.2, 0) is 0 Å². The summed E-state index contributed by atoms with van der Waals surface area (Å²) in [5.74, 6) is 0. The van der Waals surface area contributed by atoms with Crippen LogP contribution >= 0.6 is 0 Å². The van der Waals surface area contributed by atoms with Crippen molar-refractivity contribution >= 4 is 6.21 Å². The maximum atomic E-state index is 4.31. The van der Waals surface area contributed by atoms with E-state index in [1.807, 2.05) is 6.21 Å². The van der Waals surface area contributed by atoms with Gasteiger partial charge in [-0.25, -0.2) is 0 Å². The fourth-order valence-corrected chi connectivity index (χ4v) is 1.38. The molecule has 0 fully saturated rings. The molecule has 1 rings (SSSR count). The fraction of sp³-hybridized carbons (Fsp3) is 0.900. The van der Waals surface area contributed by atoms with E-state index >= 15 is 0 Å². The highest BCUT2D eigenvalue weighted by Gasteiger charge is 1.91. The summed E-state index contributed by atoms with van der Waals surface area (Å²) in [6.45, 7) is 7.24. The molecule has 14 heavy (non-hydrogen) atoms. The van der Waals surface area contributed by atoms with Crippen LogP contribution in [0.4, 0.5) is 0 Å². The highest BCUT2D eigenvalue weighted by molar-refractivity contribution is 5.59. The van der Waals surface area contributed by atoms with Gasteiger partial charge in [-0.2, -0.15) is 0 Å². The largest absolute Gasteiger partial charge is 0.317 e. The second-order valence-corrected chi connectivity index (χ2v) is 3.50. The summed E-state index contributed by atoms with van der Waals surface area (Å²) >= 11 is 0. The van der Waals surface area contributed by atoms with Crippen LogP contribution in [0.2, 0.25) is 0 Å². The first-order valence-corrected chi connectivity index (χ1v) is 5.60. The van der Waals surface area contributed by atoms with Crippen LogP contribution in [0.25, 0.3) is 0 Å². The first kappa shape index (κ1) is 11.6. The van der Waals surface area contributed by atoms with Gasteiger partial charge in [0.2, 0.25) is 0 Å². The van der Waals surface area contributed by atoms with E-state index in [9.17, 15) is 0 Å². The Bertz CT molecular complexity index is 131. The maximum absolute atomic E-state index is 4.31. The van der Waals surface area contributed by atoms with E-state index in [2.05, 4.69) is 20.9 Å². The first-order valence-electron chi connectivity index (χ1n) is 5.60. The molecule has 1 aliphatic rings. The normalized spacial score (nSPS) is 22.9. The van der Waals surface area contributed by atoms with E-state index < -0.39 is 0 Å². The Morgan fingerprint density at radius 2 is 1.50 bits per heavy atom. The summed E-state index contributed by atoms with van der Waals surface area (Å²) in [4.78, 5) is 4.31. The molecule has 1 heterocycles. The third kappa shape index (κ3) is 7.00. The van der Waals surface area contributed by atoms with Crippen molar-refractivity contribution < 1.29 is 0 Å². The molecule has 82 valence electrons. The lowest BCUT2D eigenvalue weighted by Crippen LogP contribution is -2.30. The molecule has 1 aliphatic heterocycles. The van der Waals surface area contributed by atoms with E-state index in [1.54, 1.807) is 0 Å². The number of nitrogens with one attached hydrogen (secondary N) is 3. The molecule has 0 aromatic heterocycles. The third-order valence-electron chi connectivity index (χ3n) is 2.19. The molecular formula is C10H22N4. The van der Waals surface area contributed by atoms with Gasteiger partial charge in [0, 0.05) is 32.4 Å². The zero-order valence-electron chi connectivity index (χ0n) is 8.89. The van der Waals surface area contributed by atoms with Gasteiger partial charge >= 0.3 is 0 Å². The zero-order chi connectivity index (χ0) is 9.90. The highest BCUT2D eigenvalue weighted by Crippen LogP contribution is 1.80. The average molecular weight is 198 g/mol. The smallest absolute Gasteiger partial charge is 0.0398 e. The predicted molar refractivity (Wildman–Crippen MR) is 61.2 cm³/mol. The van der Waals surface area contributed by atoms with Crippen LogP contribution in [0.15, 0.2) is 4.99 Å². The topological polar surface area (TPSA) is 48.5 Å². The molecule has 0 atom stereocenters. The Labute approximate surface area is 86.6 Å². The van der Waals surface area contributed by atoms with Gasteiger partial charge in [0.25, 0.3) is 0 Å². The molecular weight excluding hydrogens is 176 g/mol. The van der Waals surface area contributed by atoms with E-state index in [0.29, 0.717) is 0 Å². The minimum Gasteiger partial charge on any atom is -0.317 e. The molecule has 0 amide bonds. The average Bonchev–Trinajstić information content (AvgIpc) is 2.22. The van der Waals surface area contributed by atoms with Crippen molar-refractivity contribution in [1.29, 1.82) is 0 Å². The molecule has 0 radical (unpaired) electrons. The Hall–Kier alpha value is -0.450. The van der Waals surface area contributed by atoms with Gasteiger partial charge in [0.15, 0.2) is 0 Å². The van der Waals surface area contributed by atoms with Crippen molar-refractivity contribution in [3.8, 4) is 0 Å². The standard InChI is InChI=1S/C10H22N4/c1-3-11-4-2-6-13-8-10-14-9-7-12-5-1/h7,11,13-14H,1-6,8-10H2. The molecule has 0 unspecified atom stereocenters. The Morgan fingerprint density at radius 1 is 0.786 bits per heavy atom. The van der Waals surface area contributed by atoms with Crippen LogP contribution in [0.3, 0.4) is 0 Å². The van der Waals surface area contributed by atoms with Crippen molar-refractivity contribution in [3.05, 3.63) is 0 Å². The van der Waals surface area contributed by atoms with Crippen molar-refractivity contribution in [2.24, 2.45) is 4.99 Å². The molecule has 0 saturated carbocycles. The molecule has 4 heteroatoms. The Morgan fingerprint density at radius 3 is 2.43 bits per heavy atom. The molecule has 4 nitrogen and oxygen atoms in total. The number of hydrogen-bond donors (Lipinski definition) is 3. The molecule has 0 saturated heterocycles. The van der Waals surface area contributed by atoms with Crippen LogP contribution < -0.4 is 16.0 Å². The monoisotopic (exact) mass is 198 g/mol. The molecule has 0 aromatic rings. The number of hydrogen-bond acceptors (Lipinski definition) is 4. The van der Waals surface area contributed by atoms with E-state index in [1.165, 1.54) is 6.42 Å². The summed E-state index contributed by atoms with van der Waals surface area (Å²) < 4.78 is 0. The minimum absolute atomic E-state index is 0.898. The van der Waals surface area contributed by atoms with Gasteiger partial charge in [-0.3, -0.25) is 4.99 Å². The van der Waals surface area contributed by atoms with E-state index in [4.69, 9.17) is 0 Å². The van der Waals surface area contributed by atoms with Crippen molar-refractivity contribution in [3.63, 3.8) is 0 Å². The third-order valence-corrected chi connectivity index (χ3v) is 2.19. The van der Waals surface area contributed by atoms with Crippen LogP contribution in [-0.4, -0.2) is 52.0 Å². The SMILES string of the molecule is C1=NCCCNCCCNCCNC1. The second kappa shape index (κ2) is 9.12. The summed E-state index contributed by atoms with van der Waals surface area (Å²) in [6.07, 6.45) is 4.33.